The maximum absolute atomic E-state index is 9.36. The molecular formula is C15H19NO3S. The van der Waals surface area contributed by atoms with Gasteiger partial charge in [0.2, 0.25) is 0 Å². The second-order valence-corrected chi connectivity index (χ2v) is 5.35. The highest BCUT2D eigenvalue weighted by atomic mass is 32.1. The van der Waals surface area contributed by atoms with Crippen molar-refractivity contribution < 1.29 is 14.6 Å². The molecule has 0 radical (unpaired) electrons. The third-order valence-electron chi connectivity index (χ3n) is 2.88. The van der Waals surface area contributed by atoms with Gasteiger partial charge in [-0.05, 0) is 31.0 Å². The lowest BCUT2D eigenvalue weighted by Gasteiger charge is -2.10. The van der Waals surface area contributed by atoms with Crippen molar-refractivity contribution in [3.63, 3.8) is 0 Å². The molecule has 2 rings (SSSR count). The van der Waals surface area contributed by atoms with Crippen LogP contribution in [0.4, 0.5) is 0 Å². The number of aromatic nitrogens is 1. The van der Waals surface area contributed by atoms with Gasteiger partial charge >= 0.3 is 0 Å². The van der Waals surface area contributed by atoms with Crippen LogP contribution in [-0.4, -0.2) is 17.2 Å². The number of aliphatic hydroxyl groups excluding tert-OH is 1. The fourth-order valence-electron chi connectivity index (χ4n) is 1.84. The van der Waals surface area contributed by atoms with E-state index < -0.39 is 0 Å². The van der Waals surface area contributed by atoms with Crippen molar-refractivity contribution in [2.24, 2.45) is 0 Å². The van der Waals surface area contributed by atoms with Gasteiger partial charge in [0, 0.05) is 10.9 Å². The third-order valence-corrected chi connectivity index (χ3v) is 3.83. The Morgan fingerprint density at radius 3 is 2.90 bits per heavy atom. The summed E-state index contributed by atoms with van der Waals surface area (Å²) in [5.41, 5.74) is 1.64. The second kappa shape index (κ2) is 7.26. The van der Waals surface area contributed by atoms with Gasteiger partial charge in [0.25, 0.3) is 0 Å². The maximum atomic E-state index is 9.36. The summed E-state index contributed by atoms with van der Waals surface area (Å²) in [5, 5.41) is 12.5. The zero-order valence-corrected chi connectivity index (χ0v) is 12.6. The minimum atomic E-state index is -0.0787. The van der Waals surface area contributed by atoms with Gasteiger partial charge in [-0.1, -0.05) is 6.92 Å². The molecule has 0 aliphatic heterocycles. The number of hydrogen-bond acceptors (Lipinski definition) is 5. The van der Waals surface area contributed by atoms with E-state index in [9.17, 15) is 5.11 Å². The van der Waals surface area contributed by atoms with Crippen LogP contribution in [0.5, 0.6) is 11.5 Å². The summed E-state index contributed by atoms with van der Waals surface area (Å²) >= 11 is 1.66. The van der Waals surface area contributed by atoms with Gasteiger partial charge in [-0.3, -0.25) is 0 Å². The Morgan fingerprint density at radius 1 is 1.35 bits per heavy atom. The van der Waals surface area contributed by atoms with Gasteiger partial charge in [0.05, 0.1) is 24.4 Å². The molecule has 5 heteroatoms. The fraction of sp³-hybridized carbons (Fsp3) is 0.400. The van der Waals surface area contributed by atoms with Crippen LogP contribution in [0.25, 0.3) is 0 Å². The molecule has 0 saturated carbocycles. The van der Waals surface area contributed by atoms with Crippen LogP contribution in [0.1, 0.15) is 29.6 Å². The molecule has 1 heterocycles. The van der Waals surface area contributed by atoms with Gasteiger partial charge in [-0.2, -0.15) is 0 Å². The summed E-state index contributed by atoms with van der Waals surface area (Å²) in [6.45, 7) is 2.48. The average molecular weight is 293 g/mol. The van der Waals surface area contributed by atoms with Crippen LogP contribution < -0.4 is 9.47 Å². The minimum absolute atomic E-state index is 0.0787. The third kappa shape index (κ3) is 3.71. The number of hydrogen-bond donors (Lipinski definition) is 1. The summed E-state index contributed by atoms with van der Waals surface area (Å²) in [5.74, 6) is 1.37. The molecule has 0 fully saturated rings. The molecule has 108 valence electrons. The van der Waals surface area contributed by atoms with Crippen molar-refractivity contribution >= 4 is 11.3 Å². The molecule has 2 aromatic rings. The quantitative estimate of drug-likeness (QED) is 0.852. The summed E-state index contributed by atoms with van der Waals surface area (Å²) < 4.78 is 10.9. The zero-order chi connectivity index (χ0) is 14.4. The van der Waals surface area contributed by atoms with Crippen LogP contribution >= 0.6 is 11.3 Å². The van der Waals surface area contributed by atoms with Crippen molar-refractivity contribution in [2.45, 2.75) is 33.0 Å². The van der Waals surface area contributed by atoms with E-state index in [2.05, 4.69) is 11.9 Å². The van der Waals surface area contributed by atoms with E-state index in [4.69, 9.17) is 9.47 Å². The number of nitrogens with zero attached hydrogens (tertiary/aromatic N) is 1. The Morgan fingerprint density at radius 2 is 2.20 bits per heavy atom. The minimum Gasteiger partial charge on any atom is -0.497 e. The van der Waals surface area contributed by atoms with Gasteiger partial charge in [0.1, 0.15) is 18.1 Å². The Hall–Kier alpha value is -1.59. The fourth-order valence-corrected chi connectivity index (χ4v) is 2.73. The molecule has 0 bridgehead atoms. The number of rotatable bonds is 7. The standard InChI is InChI=1S/C15H19NO3S/c1-3-4-15-16-12(10-20-15)9-19-14-6-5-13(18-2)7-11(14)8-17/h5-7,10,17H,3-4,8-9H2,1-2H3. The first-order valence-corrected chi connectivity index (χ1v) is 7.48. The highest BCUT2D eigenvalue weighted by Gasteiger charge is 2.07. The molecule has 0 saturated heterocycles. The van der Waals surface area contributed by atoms with E-state index in [0.717, 1.165) is 23.5 Å². The van der Waals surface area contributed by atoms with Crippen molar-refractivity contribution in [3.05, 3.63) is 39.8 Å². The van der Waals surface area contributed by atoms with Crippen LogP contribution in [-0.2, 0) is 19.6 Å². The van der Waals surface area contributed by atoms with Gasteiger partial charge in [-0.15, -0.1) is 11.3 Å². The molecular weight excluding hydrogens is 274 g/mol. The zero-order valence-electron chi connectivity index (χ0n) is 11.8. The van der Waals surface area contributed by atoms with Crippen LogP contribution in [0, 0.1) is 0 Å². The topological polar surface area (TPSA) is 51.6 Å². The summed E-state index contributed by atoms with van der Waals surface area (Å²) in [4.78, 5) is 4.51. The molecule has 0 spiro atoms. The number of thiazole rings is 1. The molecule has 0 aliphatic rings. The van der Waals surface area contributed by atoms with Crippen molar-refractivity contribution in [1.82, 2.24) is 4.98 Å². The van der Waals surface area contributed by atoms with E-state index in [0.29, 0.717) is 23.7 Å². The average Bonchev–Trinajstić information content (AvgIpc) is 2.93. The molecule has 0 aliphatic carbocycles. The van der Waals surface area contributed by atoms with E-state index in [1.165, 1.54) is 0 Å². The van der Waals surface area contributed by atoms with E-state index in [1.807, 2.05) is 17.5 Å². The Kier molecular flexibility index (Phi) is 5.38. The van der Waals surface area contributed by atoms with Crippen LogP contribution in [0.2, 0.25) is 0 Å². The van der Waals surface area contributed by atoms with Gasteiger partial charge in [-0.25, -0.2) is 4.98 Å². The van der Waals surface area contributed by atoms with E-state index >= 15 is 0 Å². The Bertz CT molecular complexity index is 554. The first-order valence-electron chi connectivity index (χ1n) is 6.60. The molecule has 20 heavy (non-hydrogen) atoms. The predicted octanol–water partition coefficient (Wildman–Crippen LogP) is 3.18. The number of ether oxygens (including phenoxy) is 2. The molecule has 1 aromatic heterocycles. The van der Waals surface area contributed by atoms with Crippen molar-refractivity contribution in [3.8, 4) is 11.5 Å². The molecule has 1 aromatic carbocycles. The SMILES string of the molecule is CCCc1nc(COc2ccc(OC)cc2CO)cs1. The van der Waals surface area contributed by atoms with Crippen LogP contribution in [0.3, 0.4) is 0 Å². The summed E-state index contributed by atoms with van der Waals surface area (Å²) in [6, 6.07) is 5.40. The van der Waals surface area contributed by atoms with Crippen LogP contribution in [0.15, 0.2) is 23.6 Å². The number of aliphatic hydroxyl groups is 1. The monoisotopic (exact) mass is 293 g/mol. The van der Waals surface area contributed by atoms with Gasteiger partial charge < -0.3 is 14.6 Å². The second-order valence-electron chi connectivity index (χ2n) is 4.40. The van der Waals surface area contributed by atoms with Crippen molar-refractivity contribution in [1.29, 1.82) is 0 Å². The highest BCUT2D eigenvalue weighted by molar-refractivity contribution is 7.09. The summed E-state index contributed by atoms with van der Waals surface area (Å²) in [7, 11) is 1.60. The summed E-state index contributed by atoms with van der Waals surface area (Å²) in [6.07, 6.45) is 2.11. The molecule has 0 unspecified atom stereocenters. The molecule has 0 atom stereocenters. The lowest BCUT2D eigenvalue weighted by Crippen LogP contribution is -2.00. The number of aryl methyl sites for hydroxylation is 1. The molecule has 0 amide bonds. The highest BCUT2D eigenvalue weighted by Crippen LogP contribution is 2.25. The lowest BCUT2D eigenvalue weighted by molar-refractivity contribution is 0.256. The molecule has 4 nitrogen and oxygen atoms in total. The smallest absolute Gasteiger partial charge is 0.131 e. The number of methoxy groups -OCH3 is 1. The Balaban J connectivity index is 2.02. The normalized spacial score (nSPS) is 10.6. The lowest BCUT2D eigenvalue weighted by atomic mass is 10.2. The molecule has 1 N–H and O–H groups in total. The van der Waals surface area contributed by atoms with Crippen molar-refractivity contribution in [2.75, 3.05) is 7.11 Å². The largest absolute Gasteiger partial charge is 0.497 e. The van der Waals surface area contributed by atoms with E-state index in [1.54, 1.807) is 24.5 Å². The number of benzene rings is 1. The maximum Gasteiger partial charge on any atom is 0.131 e. The van der Waals surface area contributed by atoms with Gasteiger partial charge in [0.15, 0.2) is 0 Å². The Labute approximate surface area is 123 Å². The van der Waals surface area contributed by atoms with E-state index in [-0.39, 0.29) is 6.61 Å². The predicted molar refractivity (Wildman–Crippen MR) is 79.4 cm³/mol. The first kappa shape index (κ1) is 14.8. The first-order chi connectivity index (χ1) is 9.76.